The molecule has 0 radical (unpaired) electrons. The molecule has 1 aromatic heterocycles. The number of aromatic nitrogens is 2. The van der Waals surface area contributed by atoms with Crippen LogP contribution in [-0.2, 0) is 11.0 Å². The Labute approximate surface area is 190 Å². The number of hydrogen-bond donors (Lipinski definition) is 1. The molecular formula is C21H17F3N4O4S. The van der Waals surface area contributed by atoms with Gasteiger partial charge >= 0.3 is 11.9 Å². The third-order valence-electron chi connectivity index (χ3n) is 4.34. The van der Waals surface area contributed by atoms with E-state index in [1.54, 1.807) is 24.3 Å². The zero-order chi connectivity index (χ0) is 24.2. The van der Waals surface area contributed by atoms with Gasteiger partial charge in [-0.05, 0) is 19.1 Å². The first-order chi connectivity index (χ1) is 15.6. The number of nitro benzene ring substituents is 1. The zero-order valence-corrected chi connectivity index (χ0v) is 18.2. The lowest BCUT2D eigenvalue weighted by Gasteiger charge is -2.11. The molecule has 0 atom stereocenters. The minimum absolute atomic E-state index is 0.0468. The number of alkyl halides is 3. The number of hydrogen-bond acceptors (Lipinski definition) is 7. The lowest BCUT2D eigenvalue weighted by atomic mass is 10.1. The maximum atomic E-state index is 13.3. The van der Waals surface area contributed by atoms with E-state index in [1.807, 2.05) is 6.92 Å². The van der Waals surface area contributed by atoms with Crippen molar-refractivity contribution in [3.63, 3.8) is 0 Å². The van der Waals surface area contributed by atoms with Crippen LogP contribution in [0.4, 0.5) is 24.5 Å². The van der Waals surface area contributed by atoms with Crippen LogP contribution in [0.5, 0.6) is 5.75 Å². The number of halogens is 3. The predicted octanol–water partition coefficient (Wildman–Crippen LogP) is 5.12. The van der Waals surface area contributed by atoms with Gasteiger partial charge in [0.25, 0.3) is 0 Å². The fourth-order valence-electron chi connectivity index (χ4n) is 2.74. The van der Waals surface area contributed by atoms with Crippen LogP contribution >= 0.6 is 11.8 Å². The Morgan fingerprint density at radius 2 is 1.85 bits per heavy atom. The van der Waals surface area contributed by atoms with E-state index in [4.69, 9.17) is 4.74 Å². The van der Waals surface area contributed by atoms with Crippen LogP contribution in [0.25, 0.3) is 11.3 Å². The summed E-state index contributed by atoms with van der Waals surface area (Å²) < 4.78 is 44.9. The highest BCUT2D eigenvalue weighted by atomic mass is 32.2. The van der Waals surface area contributed by atoms with Crippen LogP contribution in [0.15, 0.2) is 53.7 Å². The largest absolute Gasteiger partial charge is 0.490 e. The van der Waals surface area contributed by atoms with Crippen LogP contribution in [0.1, 0.15) is 11.3 Å². The van der Waals surface area contributed by atoms with E-state index in [9.17, 15) is 28.1 Å². The molecule has 0 bridgehead atoms. The standard InChI is InChI=1S/C21H17F3N4O4S/c1-12-3-5-13(6-4-12)15-10-18(21(22,23)24)27-20(26-15)33-11-19(29)25-14-7-8-16(28(30)31)17(9-14)32-2/h3-10H,11H2,1-2H3,(H,25,29). The van der Waals surface area contributed by atoms with Gasteiger partial charge < -0.3 is 10.1 Å². The molecule has 33 heavy (non-hydrogen) atoms. The van der Waals surface area contributed by atoms with Crippen molar-refractivity contribution < 1.29 is 27.6 Å². The summed E-state index contributed by atoms with van der Waals surface area (Å²) in [5.41, 5.74) is 0.353. The van der Waals surface area contributed by atoms with Crippen molar-refractivity contribution in [2.75, 3.05) is 18.2 Å². The van der Waals surface area contributed by atoms with Crippen LogP contribution in [0.2, 0.25) is 0 Å². The molecule has 2 aromatic carbocycles. The van der Waals surface area contributed by atoms with Crippen molar-refractivity contribution in [2.24, 2.45) is 0 Å². The van der Waals surface area contributed by atoms with Crippen molar-refractivity contribution in [1.82, 2.24) is 9.97 Å². The van der Waals surface area contributed by atoms with Gasteiger partial charge in [0.15, 0.2) is 10.9 Å². The molecule has 0 saturated heterocycles. The maximum absolute atomic E-state index is 13.3. The Kier molecular flexibility index (Phi) is 7.16. The predicted molar refractivity (Wildman–Crippen MR) is 116 cm³/mol. The van der Waals surface area contributed by atoms with Crippen molar-refractivity contribution in [2.45, 2.75) is 18.3 Å². The van der Waals surface area contributed by atoms with E-state index in [1.165, 1.54) is 25.3 Å². The number of methoxy groups -OCH3 is 1. The summed E-state index contributed by atoms with van der Waals surface area (Å²) in [5, 5.41) is 13.3. The average Bonchev–Trinajstić information content (AvgIpc) is 2.77. The first-order valence-corrected chi connectivity index (χ1v) is 10.3. The molecule has 0 spiro atoms. The monoisotopic (exact) mass is 478 g/mol. The molecule has 172 valence electrons. The van der Waals surface area contributed by atoms with Crippen molar-refractivity contribution in [3.05, 3.63) is 69.9 Å². The number of anilines is 1. The van der Waals surface area contributed by atoms with Gasteiger partial charge in [0.1, 0.15) is 5.69 Å². The molecule has 0 aliphatic rings. The van der Waals surface area contributed by atoms with Crippen LogP contribution < -0.4 is 10.1 Å². The van der Waals surface area contributed by atoms with Crippen LogP contribution in [0, 0.1) is 17.0 Å². The number of nitrogens with one attached hydrogen (secondary N) is 1. The Bertz CT molecular complexity index is 1190. The van der Waals surface area contributed by atoms with Crippen molar-refractivity contribution in [3.8, 4) is 17.0 Å². The maximum Gasteiger partial charge on any atom is 0.433 e. The van der Waals surface area contributed by atoms with Gasteiger partial charge in [-0.3, -0.25) is 14.9 Å². The molecular weight excluding hydrogens is 461 g/mol. The molecule has 8 nitrogen and oxygen atoms in total. The van der Waals surface area contributed by atoms with E-state index in [0.29, 0.717) is 5.56 Å². The molecule has 1 N–H and O–H groups in total. The third-order valence-corrected chi connectivity index (χ3v) is 5.18. The number of carbonyl (C=O) groups is 1. The number of nitro groups is 1. The fraction of sp³-hybridized carbons (Fsp3) is 0.190. The number of amides is 1. The van der Waals surface area contributed by atoms with Crippen molar-refractivity contribution in [1.29, 1.82) is 0 Å². The minimum Gasteiger partial charge on any atom is -0.490 e. The number of carbonyl (C=O) groups excluding carboxylic acids is 1. The van der Waals surface area contributed by atoms with Gasteiger partial charge in [0, 0.05) is 23.4 Å². The Balaban J connectivity index is 1.77. The molecule has 12 heteroatoms. The van der Waals surface area contributed by atoms with E-state index in [-0.39, 0.29) is 33.7 Å². The average molecular weight is 478 g/mol. The highest BCUT2D eigenvalue weighted by Gasteiger charge is 2.34. The van der Waals surface area contributed by atoms with Gasteiger partial charge in [-0.1, -0.05) is 41.6 Å². The molecule has 0 aliphatic heterocycles. The van der Waals surface area contributed by atoms with E-state index in [2.05, 4.69) is 15.3 Å². The van der Waals surface area contributed by atoms with Crippen LogP contribution in [0.3, 0.4) is 0 Å². The zero-order valence-electron chi connectivity index (χ0n) is 17.3. The summed E-state index contributed by atoms with van der Waals surface area (Å²) >= 11 is 0.734. The summed E-state index contributed by atoms with van der Waals surface area (Å²) in [6.07, 6.45) is -4.69. The molecule has 1 heterocycles. The molecule has 0 fully saturated rings. The number of thioether (sulfide) groups is 1. The van der Waals surface area contributed by atoms with E-state index in [0.717, 1.165) is 23.4 Å². The minimum atomic E-state index is -4.69. The second-order valence-electron chi connectivity index (χ2n) is 6.77. The third kappa shape index (κ3) is 6.19. The topological polar surface area (TPSA) is 107 Å². The van der Waals surface area contributed by atoms with E-state index < -0.39 is 22.7 Å². The summed E-state index contributed by atoms with van der Waals surface area (Å²) in [7, 11) is 1.25. The van der Waals surface area contributed by atoms with Gasteiger partial charge in [-0.15, -0.1) is 0 Å². The highest BCUT2D eigenvalue weighted by molar-refractivity contribution is 7.99. The molecule has 0 unspecified atom stereocenters. The molecule has 3 aromatic rings. The molecule has 1 amide bonds. The second kappa shape index (κ2) is 9.86. The fourth-order valence-corrected chi connectivity index (χ4v) is 3.40. The SMILES string of the molecule is COc1cc(NC(=O)CSc2nc(-c3ccc(C)cc3)cc(C(F)(F)F)n2)ccc1[N+](=O)[O-]. The molecule has 3 rings (SSSR count). The molecule has 0 saturated carbocycles. The first kappa shape index (κ1) is 24.0. The smallest absolute Gasteiger partial charge is 0.433 e. The molecule has 0 aliphatic carbocycles. The number of ether oxygens (including phenoxy) is 1. The number of benzene rings is 2. The Morgan fingerprint density at radius 3 is 2.45 bits per heavy atom. The van der Waals surface area contributed by atoms with Crippen molar-refractivity contribution >= 4 is 29.0 Å². The summed E-state index contributed by atoms with van der Waals surface area (Å²) in [5.74, 6) is -0.892. The van der Waals surface area contributed by atoms with Gasteiger partial charge in [-0.2, -0.15) is 13.2 Å². The Morgan fingerprint density at radius 1 is 1.15 bits per heavy atom. The quantitative estimate of drug-likeness (QED) is 0.217. The number of aryl methyl sites for hydroxylation is 1. The van der Waals surface area contributed by atoms with Crippen LogP contribution in [-0.4, -0.2) is 33.7 Å². The first-order valence-electron chi connectivity index (χ1n) is 9.35. The summed E-state index contributed by atoms with van der Waals surface area (Å²) in [6, 6.07) is 11.4. The van der Waals surface area contributed by atoms with Gasteiger partial charge in [0.2, 0.25) is 5.91 Å². The van der Waals surface area contributed by atoms with E-state index >= 15 is 0 Å². The highest BCUT2D eigenvalue weighted by Crippen LogP contribution is 2.32. The lowest BCUT2D eigenvalue weighted by molar-refractivity contribution is -0.385. The summed E-state index contributed by atoms with van der Waals surface area (Å²) in [6.45, 7) is 1.85. The summed E-state index contributed by atoms with van der Waals surface area (Å²) in [4.78, 5) is 30.3. The Hall–Kier alpha value is -3.67. The van der Waals surface area contributed by atoms with Gasteiger partial charge in [0.05, 0.1) is 23.5 Å². The number of rotatable bonds is 7. The van der Waals surface area contributed by atoms with Gasteiger partial charge in [-0.25, -0.2) is 9.97 Å². The second-order valence-corrected chi connectivity index (χ2v) is 7.71. The number of nitrogens with zero attached hydrogens (tertiary/aromatic N) is 3. The lowest BCUT2D eigenvalue weighted by Crippen LogP contribution is -2.15. The normalized spacial score (nSPS) is 11.2.